The molecule has 7 nitrogen and oxygen atoms in total. The van der Waals surface area contributed by atoms with Gasteiger partial charge in [0.1, 0.15) is 18.4 Å². The highest BCUT2D eigenvalue weighted by Gasteiger charge is 2.35. The Hall–Kier alpha value is -3.72. The summed E-state index contributed by atoms with van der Waals surface area (Å²) in [5.74, 6) is -1.64. The van der Waals surface area contributed by atoms with Crippen molar-refractivity contribution in [1.82, 2.24) is 10.2 Å². The van der Waals surface area contributed by atoms with Gasteiger partial charge >= 0.3 is 0 Å². The molecule has 9 heteroatoms. The van der Waals surface area contributed by atoms with Crippen molar-refractivity contribution in [1.29, 1.82) is 0 Å². The number of halogens is 1. The van der Waals surface area contributed by atoms with Crippen LogP contribution in [-0.4, -0.2) is 43.8 Å². The molecule has 3 aromatic rings. The van der Waals surface area contributed by atoms with Gasteiger partial charge in [-0.3, -0.25) is 13.9 Å². The van der Waals surface area contributed by atoms with Crippen molar-refractivity contribution < 1.29 is 22.4 Å². The molecule has 0 heterocycles. The molecule has 1 atom stereocenters. The Morgan fingerprint density at radius 2 is 1.51 bits per heavy atom. The smallest absolute Gasteiger partial charge is 0.264 e. The Labute approximate surface area is 242 Å². The molecule has 0 aromatic heterocycles. The lowest BCUT2D eigenvalue weighted by atomic mass is 10.1. The lowest BCUT2D eigenvalue weighted by molar-refractivity contribution is -0.140. The molecular weight excluding hydrogens is 541 g/mol. The van der Waals surface area contributed by atoms with Crippen molar-refractivity contribution in [2.45, 2.75) is 76.4 Å². The summed E-state index contributed by atoms with van der Waals surface area (Å²) in [6, 6.07) is 18.5. The van der Waals surface area contributed by atoms with E-state index < -0.39 is 34.3 Å². The third kappa shape index (κ3) is 7.33. The minimum Gasteiger partial charge on any atom is -0.352 e. The number of amides is 2. The van der Waals surface area contributed by atoms with Crippen LogP contribution in [0.1, 0.15) is 55.7 Å². The van der Waals surface area contributed by atoms with Crippen LogP contribution in [0.4, 0.5) is 10.1 Å². The summed E-state index contributed by atoms with van der Waals surface area (Å²) < 4.78 is 43.6. The molecular formula is C32H38FN3O4S. The highest BCUT2D eigenvalue weighted by molar-refractivity contribution is 7.92. The molecule has 1 fully saturated rings. The molecule has 1 saturated carbocycles. The van der Waals surface area contributed by atoms with Crippen molar-refractivity contribution in [3.63, 3.8) is 0 Å². The minimum atomic E-state index is -4.33. The molecule has 1 aliphatic carbocycles. The predicted octanol–water partition coefficient (Wildman–Crippen LogP) is 5.50. The average Bonchev–Trinajstić information content (AvgIpc) is 3.46. The molecule has 4 rings (SSSR count). The van der Waals surface area contributed by atoms with Gasteiger partial charge in [0, 0.05) is 12.6 Å². The number of hydrogen-bond acceptors (Lipinski definition) is 4. The first-order chi connectivity index (χ1) is 19.6. The largest absolute Gasteiger partial charge is 0.352 e. The number of aryl methyl sites for hydroxylation is 2. The first kappa shape index (κ1) is 30.2. The van der Waals surface area contributed by atoms with E-state index in [-0.39, 0.29) is 29.1 Å². The third-order valence-electron chi connectivity index (χ3n) is 7.57. The van der Waals surface area contributed by atoms with Crippen molar-refractivity contribution in [3.8, 4) is 0 Å². The van der Waals surface area contributed by atoms with Crippen LogP contribution in [0.2, 0.25) is 0 Å². The lowest BCUT2D eigenvalue weighted by Gasteiger charge is -2.34. The van der Waals surface area contributed by atoms with Gasteiger partial charge in [0.05, 0.1) is 10.6 Å². The molecule has 0 unspecified atom stereocenters. The van der Waals surface area contributed by atoms with Gasteiger partial charge in [-0.1, -0.05) is 79.4 Å². The van der Waals surface area contributed by atoms with Crippen LogP contribution in [-0.2, 0) is 26.2 Å². The lowest BCUT2D eigenvalue weighted by Crippen LogP contribution is -2.53. The van der Waals surface area contributed by atoms with Crippen LogP contribution >= 0.6 is 0 Å². The van der Waals surface area contributed by atoms with Gasteiger partial charge < -0.3 is 10.2 Å². The molecule has 41 heavy (non-hydrogen) atoms. The van der Waals surface area contributed by atoms with Gasteiger partial charge in [0.25, 0.3) is 10.0 Å². The van der Waals surface area contributed by atoms with E-state index in [9.17, 15) is 18.0 Å². The number of anilines is 1. The number of benzene rings is 3. The quantitative estimate of drug-likeness (QED) is 0.325. The van der Waals surface area contributed by atoms with E-state index in [0.29, 0.717) is 6.42 Å². The standard InChI is InChI=1S/C32H38FN3O4S/c1-4-29(32(38)34-26-9-5-6-10-26)35(21-25-17-13-23(2)14-18-25)31(37)22-36(30-12-8-7-11-28(30)33)41(39,40)27-19-15-24(3)16-20-27/h7-8,11-20,26,29H,4-6,9-10,21-22H2,1-3H3,(H,34,38)/t29-/m1/s1. The summed E-state index contributed by atoms with van der Waals surface area (Å²) in [5.41, 5.74) is 2.48. The van der Waals surface area contributed by atoms with Gasteiger partial charge in [0.2, 0.25) is 11.8 Å². The Balaban J connectivity index is 1.72. The number of hydrogen-bond donors (Lipinski definition) is 1. The van der Waals surface area contributed by atoms with E-state index >= 15 is 4.39 Å². The van der Waals surface area contributed by atoms with Crippen LogP contribution in [0.15, 0.2) is 77.7 Å². The van der Waals surface area contributed by atoms with Gasteiger partial charge in [-0.2, -0.15) is 0 Å². The van der Waals surface area contributed by atoms with E-state index in [1.54, 1.807) is 12.1 Å². The fourth-order valence-corrected chi connectivity index (χ4v) is 6.60. The molecule has 0 saturated heterocycles. The summed E-state index contributed by atoms with van der Waals surface area (Å²) in [6.45, 7) is 5.05. The maximum Gasteiger partial charge on any atom is 0.264 e. The van der Waals surface area contributed by atoms with Gasteiger partial charge in [-0.05, 0) is 62.9 Å². The molecule has 218 valence electrons. The van der Waals surface area contributed by atoms with Crippen molar-refractivity contribution in [2.24, 2.45) is 0 Å². The SMILES string of the molecule is CC[C@H](C(=O)NC1CCCC1)N(Cc1ccc(C)cc1)C(=O)CN(c1ccccc1F)S(=O)(=O)c1ccc(C)cc1. The highest BCUT2D eigenvalue weighted by atomic mass is 32.2. The fraction of sp³-hybridized carbons (Fsp3) is 0.375. The van der Waals surface area contributed by atoms with E-state index in [2.05, 4.69) is 5.32 Å². The first-order valence-corrected chi connectivity index (χ1v) is 15.5. The summed E-state index contributed by atoms with van der Waals surface area (Å²) >= 11 is 0. The number of sulfonamides is 1. The molecule has 0 radical (unpaired) electrons. The predicted molar refractivity (Wildman–Crippen MR) is 158 cm³/mol. The van der Waals surface area contributed by atoms with Gasteiger partial charge in [-0.25, -0.2) is 12.8 Å². The maximum absolute atomic E-state index is 15.1. The molecule has 1 aliphatic rings. The zero-order valence-electron chi connectivity index (χ0n) is 23.8. The summed E-state index contributed by atoms with van der Waals surface area (Å²) in [5, 5.41) is 3.09. The normalized spacial score (nSPS) is 14.4. The molecule has 0 aliphatic heterocycles. The summed E-state index contributed by atoms with van der Waals surface area (Å²) in [7, 11) is -4.33. The zero-order chi connectivity index (χ0) is 29.6. The van der Waals surface area contributed by atoms with Crippen LogP contribution in [0.3, 0.4) is 0 Å². The Bertz CT molecular complexity index is 1450. The van der Waals surface area contributed by atoms with Gasteiger partial charge in [-0.15, -0.1) is 0 Å². The number of nitrogens with one attached hydrogen (secondary N) is 1. The first-order valence-electron chi connectivity index (χ1n) is 14.1. The molecule has 3 aromatic carbocycles. The maximum atomic E-state index is 15.1. The molecule has 1 N–H and O–H groups in total. The van der Waals surface area contributed by atoms with Crippen LogP contribution in [0.25, 0.3) is 0 Å². The number of rotatable bonds is 11. The van der Waals surface area contributed by atoms with E-state index in [4.69, 9.17) is 0 Å². The second-order valence-electron chi connectivity index (χ2n) is 10.7. The third-order valence-corrected chi connectivity index (χ3v) is 9.34. The van der Waals surface area contributed by atoms with Crippen LogP contribution in [0, 0.1) is 19.7 Å². The Kier molecular flexibility index (Phi) is 9.81. The number of para-hydroxylation sites is 1. The minimum absolute atomic E-state index is 0.0599. The average molecular weight is 580 g/mol. The zero-order valence-corrected chi connectivity index (χ0v) is 24.7. The monoisotopic (exact) mass is 579 g/mol. The Morgan fingerprint density at radius 3 is 2.10 bits per heavy atom. The van der Waals surface area contributed by atoms with Gasteiger partial charge in [0.15, 0.2) is 0 Å². The second kappa shape index (κ2) is 13.3. The van der Waals surface area contributed by atoms with E-state index in [1.807, 2.05) is 45.0 Å². The molecule has 0 spiro atoms. The topological polar surface area (TPSA) is 86.8 Å². The second-order valence-corrected chi connectivity index (χ2v) is 12.6. The Morgan fingerprint density at radius 1 is 0.927 bits per heavy atom. The summed E-state index contributed by atoms with van der Waals surface area (Å²) in [6.07, 6.45) is 4.21. The van der Waals surface area contributed by atoms with E-state index in [1.165, 1.54) is 35.2 Å². The van der Waals surface area contributed by atoms with Crippen LogP contribution in [0.5, 0.6) is 0 Å². The fourth-order valence-electron chi connectivity index (χ4n) is 5.18. The van der Waals surface area contributed by atoms with Crippen molar-refractivity contribution in [2.75, 3.05) is 10.8 Å². The van der Waals surface area contributed by atoms with Crippen molar-refractivity contribution >= 4 is 27.5 Å². The molecule has 2 amide bonds. The highest BCUT2D eigenvalue weighted by Crippen LogP contribution is 2.27. The number of nitrogens with zero attached hydrogens (tertiary/aromatic N) is 2. The number of carbonyl (C=O) groups is 2. The number of carbonyl (C=O) groups excluding carboxylic acids is 2. The van der Waals surface area contributed by atoms with Crippen molar-refractivity contribution in [3.05, 3.63) is 95.3 Å². The van der Waals surface area contributed by atoms with Crippen LogP contribution < -0.4 is 9.62 Å². The van der Waals surface area contributed by atoms with E-state index in [0.717, 1.165) is 52.7 Å². The molecule has 0 bridgehead atoms. The summed E-state index contributed by atoms with van der Waals surface area (Å²) in [4.78, 5) is 28.9.